The molecule has 1 aromatic carbocycles. The molecule has 2 aliphatic rings. The van der Waals surface area contributed by atoms with Crippen molar-refractivity contribution >= 4 is 41.5 Å². The number of guanidine groups is 1. The van der Waals surface area contributed by atoms with Crippen molar-refractivity contribution in [2.45, 2.75) is 38.1 Å². The van der Waals surface area contributed by atoms with Gasteiger partial charge in [-0.25, -0.2) is 4.39 Å². The fourth-order valence-corrected chi connectivity index (χ4v) is 4.50. The van der Waals surface area contributed by atoms with Gasteiger partial charge in [-0.1, -0.05) is 17.7 Å². The summed E-state index contributed by atoms with van der Waals surface area (Å²) in [6, 6.07) is 5.10. The van der Waals surface area contributed by atoms with Crippen molar-refractivity contribution in [3.05, 3.63) is 52.6 Å². The Morgan fingerprint density at radius 3 is 2.93 bits per heavy atom. The van der Waals surface area contributed by atoms with E-state index in [9.17, 15) is 4.39 Å². The molecule has 3 atom stereocenters. The van der Waals surface area contributed by atoms with E-state index in [1.807, 2.05) is 24.9 Å². The molecule has 2 aromatic rings. The van der Waals surface area contributed by atoms with Crippen LogP contribution in [0.1, 0.15) is 36.8 Å². The maximum absolute atomic E-state index is 14.2. The van der Waals surface area contributed by atoms with Crippen LogP contribution in [0.4, 0.5) is 4.39 Å². The van der Waals surface area contributed by atoms with Gasteiger partial charge < -0.3 is 10.2 Å². The van der Waals surface area contributed by atoms with Crippen molar-refractivity contribution in [2.24, 2.45) is 18.0 Å². The number of aromatic nitrogens is 2. The molecule has 0 spiro atoms. The second kappa shape index (κ2) is 9.64. The third kappa shape index (κ3) is 5.23. The lowest BCUT2D eigenvalue weighted by molar-refractivity contribution is 0.457. The molecule has 1 aliphatic heterocycles. The average Bonchev–Trinajstić information content (AvgIpc) is 3.04. The van der Waals surface area contributed by atoms with Gasteiger partial charge in [0.2, 0.25) is 0 Å². The standard InChI is InChI=1S/C21H27ClFN5.HI/c1-3-24-21(26-19-10-16(19)20-17(22)5-4-6-18(20)23)28-8-7-14(13-28)9-15-11-25-27(2)12-15;/h4-6,11-12,14,16,19H,3,7-10,13H2,1-2H3,(H,24,26);1H. The van der Waals surface area contributed by atoms with Gasteiger partial charge in [-0.3, -0.25) is 9.67 Å². The average molecular weight is 532 g/mol. The first kappa shape index (κ1) is 22.3. The van der Waals surface area contributed by atoms with Crippen molar-refractivity contribution in [3.63, 3.8) is 0 Å². The molecule has 0 bridgehead atoms. The first-order chi connectivity index (χ1) is 13.5. The SMILES string of the molecule is CCN=C(NC1CC1c1c(F)cccc1Cl)N1CCC(Cc2cnn(C)c2)C1.I. The highest BCUT2D eigenvalue weighted by molar-refractivity contribution is 14.0. The Bertz CT molecular complexity index is 850. The molecule has 3 unspecified atom stereocenters. The molecule has 158 valence electrons. The van der Waals surface area contributed by atoms with E-state index in [1.54, 1.807) is 12.1 Å². The van der Waals surface area contributed by atoms with Crippen LogP contribution in [0.2, 0.25) is 5.02 Å². The van der Waals surface area contributed by atoms with Crippen LogP contribution in [0.25, 0.3) is 0 Å². The van der Waals surface area contributed by atoms with Gasteiger partial charge in [0.15, 0.2) is 5.96 Å². The molecule has 4 rings (SSSR count). The molecule has 1 saturated carbocycles. The summed E-state index contributed by atoms with van der Waals surface area (Å²) in [4.78, 5) is 7.03. The van der Waals surface area contributed by atoms with Crippen molar-refractivity contribution in [3.8, 4) is 0 Å². The Morgan fingerprint density at radius 2 is 2.24 bits per heavy atom. The maximum atomic E-state index is 14.2. The number of aryl methyl sites for hydroxylation is 1. The van der Waals surface area contributed by atoms with Crippen LogP contribution in [-0.2, 0) is 13.5 Å². The molecule has 0 radical (unpaired) electrons. The molecule has 8 heteroatoms. The minimum atomic E-state index is -0.214. The van der Waals surface area contributed by atoms with Gasteiger partial charge >= 0.3 is 0 Å². The fourth-order valence-electron chi connectivity index (χ4n) is 4.19. The molecule has 0 amide bonds. The molecule has 2 heterocycles. The Balaban J connectivity index is 0.00000240. The number of likely N-dealkylation sites (tertiary alicyclic amines) is 1. The summed E-state index contributed by atoms with van der Waals surface area (Å²) in [7, 11) is 1.95. The number of halogens is 3. The number of hydrogen-bond donors (Lipinski definition) is 1. The number of hydrogen-bond acceptors (Lipinski definition) is 2. The first-order valence-corrected chi connectivity index (χ1v) is 10.4. The molecular weight excluding hydrogens is 504 g/mol. The molecule has 1 N–H and O–H groups in total. The number of nitrogens with one attached hydrogen (secondary N) is 1. The lowest BCUT2D eigenvalue weighted by Crippen LogP contribution is -2.41. The molecule has 1 aliphatic carbocycles. The zero-order valence-corrected chi connectivity index (χ0v) is 19.9. The molecule has 29 heavy (non-hydrogen) atoms. The summed E-state index contributed by atoms with van der Waals surface area (Å²) in [5.41, 5.74) is 1.92. The van der Waals surface area contributed by atoms with Gasteiger partial charge in [0.1, 0.15) is 5.82 Å². The van der Waals surface area contributed by atoms with Crippen LogP contribution < -0.4 is 5.32 Å². The summed E-state index contributed by atoms with van der Waals surface area (Å²) in [5, 5.41) is 8.34. The summed E-state index contributed by atoms with van der Waals surface area (Å²) in [6.07, 6.45) is 7.12. The minimum absolute atomic E-state index is 0. The second-order valence-electron chi connectivity index (χ2n) is 7.85. The van der Waals surface area contributed by atoms with E-state index in [1.165, 1.54) is 11.6 Å². The zero-order chi connectivity index (χ0) is 19.7. The van der Waals surface area contributed by atoms with Crippen LogP contribution in [-0.4, -0.2) is 46.3 Å². The van der Waals surface area contributed by atoms with E-state index in [4.69, 9.17) is 16.6 Å². The Morgan fingerprint density at radius 1 is 1.41 bits per heavy atom. The number of aliphatic imine (C=N–C) groups is 1. The van der Waals surface area contributed by atoms with E-state index in [0.29, 0.717) is 16.5 Å². The molecular formula is C21H28ClFIN5. The van der Waals surface area contributed by atoms with Gasteiger partial charge in [0, 0.05) is 55.4 Å². The molecule has 5 nitrogen and oxygen atoms in total. The summed E-state index contributed by atoms with van der Waals surface area (Å²) in [6.45, 7) is 4.75. The highest BCUT2D eigenvalue weighted by Crippen LogP contribution is 2.45. The fraction of sp³-hybridized carbons (Fsp3) is 0.524. The molecule has 2 fully saturated rings. The Labute approximate surface area is 193 Å². The smallest absolute Gasteiger partial charge is 0.194 e. The van der Waals surface area contributed by atoms with E-state index in [-0.39, 0.29) is 41.8 Å². The van der Waals surface area contributed by atoms with Crippen molar-refractivity contribution in [1.82, 2.24) is 20.0 Å². The second-order valence-corrected chi connectivity index (χ2v) is 8.26. The van der Waals surface area contributed by atoms with Gasteiger partial charge in [-0.05, 0) is 49.8 Å². The lowest BCUT2D eigenvalue weighted by atomic mass is 10.0. The predicted octanol–water partition coefficient (Wildman–Crippen LogP) is 4.22. The third-order valence-corrected chi connectivity index (χ3v) is 5.98. The summed E-state index contributed by atoms with van der Waals surface area (Å²) < 4.78 is 16.1. The van der Waals surface area contributed by atoms with Crippen molar-refractivity contribution < 1.29 is 4.39 Å². The number of benzene rings is 1. The first-order valence-electron chi connectivity index (χ1n) is 10.0. The van der Waals surface area contributed by atoms with Crippen LogP contribution in [0.3, 0.4) is 0 Å². The Kier molecular flexibility index (Phi) is 7.42. The topological polar surface area (TPSA) is 45.5 Å². The van der Waals surface area contributed by atoms with E-state index in [2.05, 4.69) is 21.5 Å². The molecule has 1 aromatic heterocycles. The maximum Gasteiger partial charge on any atom is 0.194 e. The minimum Gasteiger partial charge on any atom is -0.353 e. The van der Waals surface area contributed by atoms with Crippen molar-refractivity contribution in [2.75, 3.05) is 19.6 Å². The van der Waals surface area contributed by atoms with Crippen LogP contribution in [0.15, 0.2) is 35.6 Å². The van der Waals surface area contributed by atoms with Crippen LogP contribution >= 0.6 is 35.6 Å². The summed E-state index contributed by atoms with van der Waals surface area (Å²) >= 11 is 6.24. The summed E-state index contributed by atoms with van der Waals surface area (Å²) in [5.74, 6) is 1.44. The predicted molar refractivity (Wildman–Crippen MR) is 126 cm³/mol. The quantitative estimate of drug-likeness (QED) is 0.357. The van der Waals surface area contributed by atoms with Crippen molar-refractivity contribution in [1.29, 1.82) is 0 Å². The largest absolute Gasteiger partial charge is 0.353 e. The van der Waals surface area contributed by atoms with Gasteiger partial charge in [-0.2, -0.15) is 5.10 Å². The van der Waals surface area contributed by atoms with E-state index in [0.717, 1.165) is 44.9 Å². The monoisotopic (exact) mass is 531 g/mol. The van der Waals surface area contributed by atoms with Crippen LogP contribution in [0, 0.1) is 11.7 Å². The van der Waals surface area contributed by atoms with Crippen LogP contribution in [0.5, 0.6) is 0 Å². The number of nitrogens with zero attached hydrogens (tertiary/aromatic N) is 4. The highest BCUT2D eigenvalue weighted by atomic mass is 127. The third-order valence-electron chi connectivity index (χ3n) is 5.65. The lowest BCUT2D eigenvalue weighted by Gasteiger charge is -2.22. The molecule has 1 saturated heterocycles. The van der Waals surface area contributed by atoms with E-state index < -0.39 is 0 Å². The van der Waals surface area contributed by atoms with Gasteiger partial charge in [0.05, 0.1) is 6.20 Å². The van der Waals surface area contributed by atoms with E-state index >= 15 is 0 Å². The normalized spacial score (nSPS) is 23.8. The number of rotatable bonds is 5. The van der Waals surface area contributed by atoms with Gasteiger partial charge in [0.25, 0.3) is 0 Å². The highest BCUT2D eigenvalue weighted by Gasteiger charge is 2.42. The zero-order valence-electron chi connectivity index (χ0n) is 16.8. The van der Waals surface area contributed by atoms with Gasteiger partial charge in [-0.15, -0.1) is 24.0 Å². The Hall–Kier alpha value is -1.35.